The first-order valence-electron chi connectivity index (χ1n) is 13.6. The van der Waals surface area contributed by atoms with Gasteiger partial charge in [-0.05, 0) is 54.8 Å². The van der Waals surface area contributed by atoms with Crippen LogP contribution < -0.4 is 0 Å². The number of ether oxygens (including phenoxy) is 5. The van der Waals surface area contributed by atoms with Crippen LogP contribution in [0.15, 0.2) is 48.5 Å². The molecule has 2 aliphatic heterocycles. The Morgan fingerprint density at radius 2 is 1.58 bits per heavy atom. The second-order valence-electron chi connectivity index (χ2n) is 10.3. The lowest BCUT2D eigenvalue weighted by molar-refractivity contribution is -0.357. The van der Waals surface area contributed by atoms with Gasteiger partial charge in [0.15, 0.2) is 30.2 Å². The van der Waals surface area contributed by atoms with Crippen LogP contribution in [-0.2, 0) is 34.9 Å². The summed E-state index contributed by atoms with van der Waals surface area (Å²) in [6.07, 6.45) is -12.1. The van der Waals surface area contributed by atoms with Gasteiger partial charge in [-0.1, -0.05) is 18.2 Å². The number of phenols is 3. The molecule has 14 heteroatoms. The highest BCUT2D eigenvalue weighted by atomic mass is 16.7. The van der Waals surface area contributed by atoms with Crippen LogP contribution in [0.4, 0.5) is 0 Å². The molecule has 2 heterocycles. The molecule has 0 spiro atoms. The predicted octanol–water partition coefficient (Wildman–Crippen LogP) is -0.722. The Balaban J connectivity index is 1.52. The Labute approximate surface area is 246 Å². The van der Waals surface area contributed by atoms with Crippen LogP contribution in [0.25, 0.3) is 6.08 Å². The van der Waals surface area contributed by atoms with Crippen molar-refractivity contribution in [2.75, 3.05) is 13.2 Å². The molecule has 14 nitrogen and oxygen atoms in total. The number of phenolic OH excluding ortho intramolecular Hbond substituents is 3. The highest BCUT2D eigenvalue weighted by Gasteiger charge is 2.52. The highest BCUT2D eigenvalue weighted by molar-refractivity contribution is 5.87. The molecular weight excluding hydrogens is 572 g/mol. The van der Waals surface area contributed by atoms with Crippen LogP contribution >= 0.6 is 0 Å². The van der Waals surface area contributed by atoms with E-state index >= 15 is 0 Å². The lowest BCUT2D eigenvalue weighted by Crippen LogP contribution is -2.65. The Hall–Kier alpha value is -3.31. The van der Waals surface area contributed by atoms with E-state index in [1.54, 1.807) is 12.1 Å². The highest BCUT2D eigenvalue weighted by Crippen LogP contribution is 2.31. The summed E-state index contributed by atoms with van der Waals surface area (Å²) in [7, 11) is 0. The van der Waals surface area contributed by atoms with E-state index in [0.717, 1.165) is 11.6 Å². The van der Waals surface area contributed by atoms with Crippen molar-refractivity contribution in [3.63, 3.8) is 0 Å². The largest absolute Gasteiger partial charge is 0.508 e. The molecule has 0 aromatic heterocycles. The van der Waals surface area contributed by atoms with Crippen molar-refractivity contribution in [1.82, 2.24) is 0 Å². The Morgan fingerprint density at radius 1 is 0.860 bits per heavy atom. The molecule has 43 heavy (non-hydrogen) atoms. The van der Waals surface area contributed by atoms with Gasteiger partial charge < -0.3 is 64.5 Å². The molecule has 0 unspecified atom stereocenters. The third-order valence-corrected chi connectivity index (χ3v) is 7.17. The molecule has 10 atom stereocenters. The lowest BCUT2D eigenvalue weighted by Gasteiger charge is -2.46. The third-order valence-electron chi connectivity index (χ3n) is 7.17. The summed E-state index contributed by atoms with van der Waals surface area (Å²) in [5, 5.41) is 80.7. The molecule has 0 bridgehead atoms. The van der Waals surface area contributed by atoms with Crippen LogP contribution in [0.2, 0.25) is 0 Å². The molecule has 0 amide bonds. The van der Waals surface area contributed by atoms with Gasteiger partial charge >= 0.3 is 5.97 Å². The van der Waals surface area contributed by atoms with E-state index in [-0.39, 0.29) is 18.1 Å². The molecule has 2 fully saturated rings. The van der Waals surface area contributed by atoms with Crippen molar-refractivity contribution >= 4 is 12.0 Å². The van der Waals surface area contributed by atoms with Crippen molar-refractivity contribution in [2.24, 2.45) is 0 Å². The number of hydrogen-bond donors (Lipinski definition) is 8. The van der Waals surface area contributed by atoms with Gasteiger partial charge in [-0.25, -0.2) is 4.79 Å². The summed E-state index contributed by atoms with van der Waals surface area (Å²) in [5.41, 5.74) is 1.16. The maximum absolute atomic E-state index is 12.8. The minimum atomic E-state index is -1.75. The zero-order chi connectivity index (χ0) is 31.3. The van der Waals surface area contributed by atoms with Gasteiger partial charge in [0.25, 0.3) is 0 Å². The number of rotatable bonds is 10. The first-order valence-corrected chi connectivity index (χ1v) is 13.6. The molecule has 2 aromatic carbocycles. The van der Waals surface area contributed by atoms with Crippen molar-refractivity contribution < 1.29 is 69.3 Å². The summed E-state index contributed by atoms with van der Waals surface area (Å²) in [6, 6.07) is 10.2. The number of aliphatic hydroxyl groups excluding tert-OH is 5. The fourth-order valence-corrected chi connectivity index (χ4v) is 4.69. The van der Waals surface area contributed by atoms with Crippen molar-refractivity contribution in [2.45, 2.75) is 74.8 Å². The quantitative estimate of drug-likeness (QED) is 0.0947. The van der Waals surface area contributed by atoms with Crippen LogP contribution in [-0.4, -0.2) is 121 Å². The molecule has 0 radical (unpaired) electrons. The van der Waals surface area contributed by atoms with Gasteiger partial charge in [-0.15, -0.1) is 0 Å². The molecule has 2 aliphatic rings. The summed E-state index contributed by atoms with van der Waals surface area (Å²) in [4.78, 5) is 12.8. The number of carbonyl (C=O) groups is 1. The van der Waals surface area contributed by atoms with E-state index in [1.165, 1.54) is 43.3 Å². The van der Waals surface area contributed by atoms with Gasteiger partial charge in [0, 0.05) is 6.08 Å². The van der Waals surface area contributed by atoms with E-state index in [0.29, 0.717) is 12.0 Å². The van der Waals surface area contributed by atoms with Crippen LogP contribution in [0.5, 0.6) is 17.2 Å². The second kappa shape index (κ2) is 14.4. The number of esters is 1. The maximum Gasteiger partial charge on any atom is 0.331 e. The summed E-state index contributed by atoms with van der Waals surface area (Å²) < 4.78 is 28.3. The SMILES string of the molecule is C[C@@H]1O[C@@H](O[C@@H]2[C@@H](O)[C@@H](OCCc3ccc(O)cc3)O[C@H](CO)[C@H]2OC(=O)/C=C/c2ccc(O)c(O)c2)[C@@H](O)[C@H](O)[C@H]1O. The fourth-order valence-electron chi connectivity index (χ4n) is 4.69. The number of benzene rings is 2. The summed E-state index contributed by atoms with van der Waals surface area (Å²) in [6.45, 7) is 0.768. The molecule has 4 rings (SSSR count). The van der Waals surface area contributed by atoms with Gasteiger partial charge in [0.2, 0.25) is 0 Å². The molecule has 2 aromatic rings. The summed E-state index contributed by atoms with van der Waals surface area (Å²) >= 11 is 0. The Bertz CT molecular complexity index is 1240. The van der Waals surface area contributed by atoms with Crippen molar-refractivity contribution in [3.8, 4) is 17.2 Å². The fraction of sp³-hybridized carbons (Fsp3) is 0.483. The topological polar surface area (TPSA) is 225 Å². The summed E-state index contributed by atoms with van der Waals surface area (Å²) in [5.74, 6) is -1.62. The first kappa shape index (κ1) is 32.6. The monoisotopic (exact) mass is 608 g/mol. The van der Waals surface area contributed by atoms with Gasteiger partial charge in [0.05, 0.1) is 19.3 Å². The van der Waals surface area contributed by atoms with Gasteiger partial charge in [0.1, 0.15) is 42.4 Å². The van der Waals surface area contributed by atoms with E-state index in [1.807, 2.05) is 0 Å². The normalized spacial score (nSPS) is 33.0. The third kappa shape index (κ3) is 8.00. The molecule has 0 saturated carbocycles. The molecule has 0 aliphatic carbocycles. The number of aromatic hydroxyl groups is 3. The van der Waals surface area contributed by atoms with Crippen LogP contribution in [0.3, 0.4) is 0 Å². The standard InChI is InChI=1S/C29H36O14/c1-14-22(35)23(36)24(37)29(40-14)43-27-25(38)28(39-11-10-15-2-6-17(31)7-3-15)41-20(13-30)26(27)42-21(34)9-5-16-4-8-18(32)19(33)12-16/h2-9,12,14,20,22-33,35-38H,10-11,13H2,1H3/b9-5+/t14-,20+,22-,23+,24-,25+,26+,27+,28-,29-/m0/s1. The zero-order valence-electron chi connectivity index (χ0n) is 23.1. The van der Waals surface area contributed by atoms with Crippen LogP contribution in [0, 0.1) is 0 Å². The van der Waals surface area contributed by atoms with Crippen molar-refractivity contribution in [1.29, 1.82) is 0 Å². The average Bonchev–Trinajstić information content (AvgIpc) is 2.99. The number of aliphatic hydroxyl groups is 5. The van der Waals surface area contributed by atoms with E-state index in [2.05, 4.69) is 0 Å². The van der Waals surface area contributed by atoms with Gasteiger partial charge in [-0.2, -0.15) is 0 Å². The maximum atomic E-state index is 12.8. The van der Waals surface area contributed by atoms with E-state index < -0.39 is 79.7 Å². The average molecular weight is 609 g/mol. The number of hydrogen-bond acceptors (Lipinski definition) is 14. The number of carbonyl (C=O) groups excluding carboxylic acids is 1. The smallest absolute Gasteiger partial charge is 0.331 e. The molecule has 2 saturated heterocycles. The molecule has 236 valence electrons. The predicted molar refractivity (Wildman–Crippen MR) is 145 cm³/mol. The van der Waals surface area contributed by atoms with Gasteiger partial charge in [-0.3, -0.25) is 0 Å². The van der Waals surface area contributed by atoms with Crippen LogP contribution in [0.1, 0.15) is 18.1 Å². The molecule has 8 N–H and O–H groups in total. The Kier molecular flexibility index (Phi) is 10.9. The lowest BCUT2D eigenvalue weighted by atomic mass is 9.97. The first-order chi connectivity index (χ1) is 20.5. The Morgan fingerprint density at radius 3 is 2.26 bits per heavy atom. The molecular formula is C29H36O14. The zero-order valence-corrected chi connectivity index (χ0v) is 23.1. The van der Waals surface area contributed by atoms with Crippen molar-refractivity contribution in [3.05, 3.63) is 59.7 Å². The van der Waals surface area contributed by atoms with E-state index in [4.69, 9.17) is 23.7 Å². The van der Waals surface area contributed by atoms with E-state index in [9.17, 15) is 45.6 Å². The minimum absolute atomic E-state index is 0.0362. The second-order valence-corrected chi connectivity index (χ2v) is 10.3. The minimum Gasteiger partial charge on any atom is -0.508 e.